The van der Waals surface area contributed by atoms with Crippen LogP contribution in [0.2, 0.25) is 0 Å². The predicted molar refractivity (Wildman–Crippen MR) is 106 cm³/mol. The van der Waals surface area contributed by atoms with Crippen LogP contribution in [-0.2, 0) is 26.2 Å². The Morgan fingerprint density at radius 2 is 2.24 bits per heavy atom. The zero-order chi connectivity index (χ0) is 20.4. The number of carbonyl (C=O) groups is 2. The van der Waals surface area contributed by atoms with E-state index in [0.29, 0.717) is 30.9 Å². The third-order valence-corrected chi connectivity index (χ3v) is 7.33. The molecule has 2 heterocycles. The minimum atomic E-state index is -0.582. The number of nitrogens with zero attached hydrogens (tertiary/aromatic N) is 1. The van der Waals surface area contributed by atoms with Crippen LogP contribution in [0.25, 0.3) is 0 Å². The van der Waals surface area contributed by atoms with Crippen LogP contribution in [0, 0.1) is 0 Å². The Balaban J connectivity index is 1.77. The van der Waals surface area contributed by atoms with Crippen LogP contribution in [0.1, 0.15) is 44.2 Å². The van der Waals surface area contributed by atoms with Crippen LogP contribution >= 0.6 is 0 Å². The molecule has 2 fully saturated rings. The van der Waals surface area contributed by atoms with Gasteiger partial charge in [0, 0.05) is 44.6 Å². The summed E-state index contributed by atoms with van der Waals surface area (Å²) >= 11 is 0. The van der Waals surface area contributed by atoms with Crippen LogP contribution in [0.3, 0.4) is 0 Å². The minimum absolute atomic E-state index is 0.120. The van der Waals surface area contributed by atoms with E-state index in [9.17, 15) is 9.59 Å². The maximum atomic E-state index is 13.1. The van der Waals surface area contributed by atoms with Crippen molar-refractivity contribution in [3.8, 4) is 11.5 Å². The second-order valence-corrected chi connectivity index (χ2v) is 8.53. The van der Waals surface area contributed by atoms with Crippen LogP contribution in [0.15, 0.2) is 24.8 Å². The number of ether oxygens (including phenoxy) is 3. The average Bonchev–Trinajstić information content (AvgIpc) is 3.03. The van der Waals surface area contributed by atoms with Gasteiger partial charge in [-0.25, -0.2) is 0 Å². The summed E-state index contributed by atoms with van der Waals surface area (Å²) in [6, 6.07) is 3.99. The number of benzene rings is 1. The number of carbonyl (C=O) groups excluding carboxylic acids is 2. The van der Waals surface area contributed by atoms with Crippen LogP contribution < -0.4 is 9.47 Å². The molecule has 6 nitrogen and oxygen atoms in total. The van der Waals surface area contributed by atoms with Crippen molar-refractivity contribution < 1.29 is 23.8 Å². The van der Waals surface area contributed by atoms with Crippen molar-refractivity contribution in [3.63, 3.8) is 0 Å². The van der Waals surface area contributed by atoms with Gasteiger partial charge in [0.05, 0.1) is 11.0 Å². The molecule has 2 aliphatic heterocycles. The highest BCUT2D eigenvalue weighted by atomic mass is 16.6. The highest BCUT2D eigenvalue weighted by Gasteiger charge is 2.74. The second kappa shape index (κ2) is 6.41. The normalized spacial score (nSPS) is 34.3. The van der Waals surface area contributed by atoms with Crippen LogP contribution in [-0.4, -0.2) is 54.1 Å². The SMILES string of the molecule is C=CCN1CC[C@]23c4c5ccc(OC(C)=O)c4O[C@H]2C(=O)CC[C@@]3(OCC)[C@H]1C5. The monoisotopic (exact) mass is 397 g/mol. The molecule has 4 aliphatic rings. The molecule has 0 unspecified atom stereocenters. The summed E-state index contributed by atoms with van der Waals surface area (Å²) in [5.74, 6) is 0.700. The highest BCUT2D eigenvalue weighted by Crippen LogP contribution is 2.66. The van der Waals surface area contributed by atoms with Crippen molar-refractivity contribution in [1.29, 1.82) is 0 Å². The van der Waals surface area contributed by atoms with Gasteiger partial charge in [-0.05, 0) is 37.8 Å². The van der Waals surface area contributed by atoms with Crippen molar-refractivity contribution in [1.82, 2.24) is 4.90 Å². The van der Waals surface area contributed by atoms with Gasteiger partial charge in [0.15, 0.2) is 23.4 Å². The van der Waals surface area contributed by atoms with Gasteiger partial charge in [-0.3, -0.25) is 14.5 Å². The fraction of sp³-hybridized carbons (Fsp3) is 0.565. The Morgan fingerprint density at radius 3 is 2.97 bits per heavy atom. The molecule has 2 aliphatic carbocycles. The van der Waals surface area contributed by atoms with Gasteiger partial charge < -0.3 is 14.2 Å². The molecule has 0 amide bonds. The van der Waals surface area contributed by atoms with Gasteiger partial charge in [-0.15, -0.1) is 6.58 Å². The molecule has 1 spiro atoms. The number of Topliss-reactive ketones (excluding diaryl/α,β-unsaturated/α-hetero) is 1. The standard InChI is InChI=1S/C23H27NO5/c1-4-11-24-12-10-22-19-15-6-7-17(28-14(3)25)20(19)29-21(22)16(26)8-9-23(22,27-5-2)18(24)13-15/h4,6-7,18,21H,1,5,8-13H2,2-3H3/t18-,21+,22+,23-/m1/s1. The molecule has 0 aromatic heterocycles. The van der Waals surface area contributed by atoms with Crippen molar-refractivity contribution >= 4 is 11.8 Å². The number of hydrogen-bond acceptors (Lipinski definition) is 6. The average molecular weight is 397 g/mol. The molecule has 1 aromatic carbocycles. The van der Waals surface area contributed by atoms with E-state index in [1.165, 1.54) is 12.5 Å². The lowest BCUT2D eigenvalue weighted by Crippen LogP contribution is -2.77. The summed E-state index contributed by atoms with van der Waals surface area (Å²) in [7, 11) is 0. The largest absolute Gasteiger partial charge is 0.477 e. The Morgan fingerprint density at radius 1 is 1.41 bits per heavy atom. The number of likely N-dealkylation sites (tertiary alicyclic amines) is 1. The van der Waals surface area contributed by atoms with Gasteiger partial charge in [-0.1, -0.05) is 12.1 Å². The lowest BCUT2D eigenvalue weighted by molar-refractivity contribution is -0.210. The molecule has 4 atom stereocenters. The van der Waals surface area contributed by atoms with E-state index >= 15 is 0 Å². The van der Waals surface area contributed by atoms with Crippen molar-refractivity contribution in [2.24, 2.45) is 0 Å². The Kier molecular flexibility index (Phi) is 4.16. The Labute approximate surface area is 170 Å². The maximum Gasteiger partial charge on any atom is 0.308 e. The molecule has 1 aromatic rings. The molecule has 2 bridgehead atoms. The topological polar surface area (TPSA) is 65.1 Å². The first-order valence-corrected chi connectivity index (χ1v) is 10.5. The molecule has 154 valence electrons. The smallest absolute Gasteiger partial charge is 0.308 e. The Bertz CT molecular complexity index is 911. The molecule has 5 rings (SSSR count). The summed E-state index contributed by atoms with van der Waals surface area (Å²) in [5.41, 5.74) is 1.19. The second-order valence-electron chi connectivity index (χ2n) is 8.53. The van der Waals surface area contributed by atoms with E-state index in [4.69, 9.17) is 14.2 Å². The van der Waals surface area contributed by atoms with E-state index in [1.807, 2.05) is 19.1 Å². The number of hydrogen-bond donors (Lipinski definition) is 0. The molecule has 1 saturated heterocycles. The summed E-state index contributed by atoms with van der Waals surface area (Å²) < 4.78 is 18.4. The lowest BCUT2D eigenvalue weighted by atomic mass is 9.48. The molecule has 0 N–H and O–H groups in total. The third-order valence-electron chi connectivity index (χ3n) is 7.33. The first kappa shape index (κ1) is 18.8. The molecule has 1 saturated carbocycles. The van der Waals surface area contributed by atoms with E-state index in [1.54, 1.807) is 6.07 Å². The van der Waals surface area contributed by atoms with Gasteiger partial charge in [0.1, 0.15) is 0 Å². The number of ketones is 1. The summed E-state index contributed by atoms with van der Waals surface area (Å²) in [4.78, 5) is 27.2. The van der Waals surface area contributed by atoms with E-state index < -0.39 is 23.1 Å². The first-order valence-electron chi connectivity index (χ1n) is 10.5. The van der Waals surface area contributed by atoms with E-state index in [0.717, 1.165) is 31.5 Å². The maximum absolute atomic E-state index is 13.1. The predicted octanol–water partition coefficient (Wildman–Crippen LogP) is 2.57. The highest BCUT2D eigenvalue weighted by molar-refractivity contribution is 5.90. The molecule has 29 heavy (non-hydrogen) atoms. The van der Waals surface area contributed by atoms with Crippen molar-refractivity contribution in [2.45, 2.75) is 62.7 Å². The summed E-state index contributed by atoms with van der Waals surface area (Å²) in [5, 5.41) is 0. The van der Waals surface area contributed by atoms with Gasteiger partial charge in [-0.2, -0.15) is 0 Å². The minimum Gasteiger partial charge on any atom is -0.477 e. The molecule has 0 radical (unpaired) electrons. The molecular weight excluding hydrogens is 370 g/mol. The van der Waals surface area contributed by atoms with Crippen molar-refractivity contribution in [2.75, 3.05) is 19.7 Å². The summed E-state index contributed by atoms with van der Waals surface area (Å²) in [6.45, 7) is 9.57. The Hall–Kier alpha value is -2.18. The summed E-state index contributed by atoms with van der Waals surface area (Å²) in [6.07, 6.45) is 4.09. The third kappa shape index (κ3) is 2.24. The number of piperidine rings is 1. The number of rotatable bonds is 5. The fourth-order valence-corrected chi connectivity index (χ4v) is 6.55. The van der Waals surface area contributed by atoms with E-state index in [2.05, 4.69) is 11.5 Å². The molecule has 6 heteroatoms. The van der Waals surface area contributed by atoms with Gasteiger partial charge in [0.2, 0.25) is 0 Å². The van der Waals surface area contributed by atoms with Crippen LogP contribution in [0.4, 0.5) is 0 Å². The van der Waals surface area contributed by atoms with Gasteiger partial charge >= 0.3 is 5.97 Å². The first-order chi connectivity index (χ1) is 14.0. The van der Waals surface area contributed by atoms with Crippen LogP contribution in [0.5, 0.6) is 11.5 Å². The zero-order valence-electron chi connectivity index (χ0n) is 17.0. The lowest BCUT2D eigenvalue weighted by Gasteiger charge is -2.64. The quantitative estimate of drug-likeness (QED) is 0.432. The fourth-order valence-electron chi connectivity index (χ4n) is 6.55. The molecular formula is C23H27NO5. The van der Waals surface area contributed by atoms with E-state index in [-0.39, 0.29) is 11.8 Å². The van der Waals surface area contributed by atoms with Crippen molar-refractivity contribution in [3.05, 3.63) is 35.9 Å². The van der Waals surface area contributed by atoms with Gasteiger partial charge in [0.25, 0.3) is 0 Å². The number of esters is 1. The zero-order valence-corrected chi connectivity index (χ0v) is 17.0.